The van der Waals surface area contributed by atoms with Crippen LogP contribution in [0.25, 0.3) is 16.9 Å². The van der Waals surface area contributed by atoms with Crippen molar-refractivity contribution in [2.45, 2.75) is 18.7 Å². The molecule has 0 radical (unpaired) electrons. The van der Waals surface area contributed by atoms with Crippen molar-refractivity contribution >= 4 is 29.4 Å². The van der Waals surface area contributed by atoms with Crippen LogP contribution in [0.3, 0.4) is 0 Å². The molecule has 5 aromatic rings. The average molecular weight is 637 g/mol. The van der Waals surface area contributed by atoms with Gasteiger partial charge in [-0.15, -0.1) is 11.8 Å². The largest absolute Gasteiger partial charge is 0.493 e. The molecule has 10 heteroatoms. The molecule has 0 saturated heterocycles. The number of aryl methyl sites for hydroxylation is 1. The number of benzene rings is 4. The van der Waals surface area contributed by atoms with Gasteiger partial charge >= 0.3 is 0 Å². The van der Waals surface area contributed by atoms with Crippen molar-refractivity contribution < 1.29 is 23.5 Å². The highest BCUT2D eigenvalue weighted by molar-refractivity contribution is 8.00. The van der Waals surface area contributed by atoms with E-state index in [9.17, 15) is 14.0 Å². The molecule has 0 spiro atoms. The van der Waals surface area contributed by atoms with Crippen molar-refractivity contribution in [2.75, 3.05) is 31.4 Å². The first-order valence-electron chi connectivity index (χ1n) is 14.8. The second kappa shape index (κ2) is 13.5. The summed E-state index contributed by atoms with van der Waals surface area (Å²) in [6.45, 7) is 1.97. The molecule has 2 amide bonds. The predicted octanol–water partition coefficient (Wildman–Crippen LogP) is 6.49. The number of halogens is 1. The highest BCUT2D eigenvalue weighted by Gasteiger charge is 2.38. The van der Waals surface area contributed by atoms with Crippen LogP contribution < -0.4 is 19.7 Å². The predicted molar refractivity (Wildman–Crippen MR) is 178 cm³/mol. The molecule has 2 heterocycles. The number of fused-ring (bicyclic) bond motifs is 1. The number of thioether (sulfide) groups is 1. The van der Waals surface area contributed by atoms with E-state index < -0.39 is 0 Å². The van der Waals surface area contributed by atoms with Crippen LogP contribution in [0.5, 0.6) is 11.5 Å². The molecule has 0 saturated carbocycles. The maximum Gasteiger partial charge on any atom is 0.240 e. The van der Waals surface area contributed by atoms with Gasteiger partial charge in [-0.3, -0.25) is 14.5 Å². The zero-order chi connectivity index (χ0) is 32.2. The SMILES string of the molecule is COc1ccc([C@H]2SCC(=O)N(CC(=O)NCc3ccc(F)cc3)c3c2c(-c2ccccc2)nn3-c2cccc(C)c2)cc1OC. The molecule has 0 fully saturated rings. The second-order valence-electron chi connectivity index (χ2n) is 10.9. The van der Waals surface area contributed by atoms with E-state index in [1.54, 1.807) is 31.0 Å². The minimum absolute atomic E-state index is 0.126. The van der Waals surface area contributed by atoms with Gasteiger partial charge in [-0.1, -0.05) is 60.7 Å². The number of aromatic nitrogens is 2. The van der Waals surface area contributed by atoms with Gasteiger partial charge in [0, 0.05) is 17.7 Å². The number of nitrogens with zero attached hydrogens (tertiary/aromatic N) is 3. The first-order chi connectivity index (χ1) is 22.4. The molecule has 8 nitrogen and oxygen atoms in total. The van der Waals surface area contributed by atoms with Crippen molar-refractivity contribution in [3.63, 3.8) is 0 Å². The second-order valence-corrected chi connectivity index (χ2v) is 12.0. The summed E-state index contributed by atoms with van der Waals surface area (Å²) in [5, 5.41) is 7.71. The maximum absolute atomic E-state index is 14.0. The van der Waals surface area contributed by atoms with Crippen molar-refractivity contribution in [3.8, 4) is 28.4 Å². The zero-order valence-electron chi connectivity index (χ0n) is 25.7. The summed E-state index contributed by atoms with van der Waals surface area (Å²) in [7, 11) is 3.18. The molecule has 1 atom stereocenters. The van der Waals surface area contributed by atoms with Crippen molar-refractivity contribution in [1.29, 1.82) is 0 Å². The van der Waals surface area contributed by atoms with Crippen LogP contribution in [0.1, 0.15) is 27.5 Å². The number of carbonyl (C=O) groups excluding carboxylic acids is 2. The Morgan fingerprint density at radius 3 is 2.43 bits per heavy atom. The standard InChI is InChI=1S/C36H33FN4O4S/c1-23-8-7-11-28(18-23)41-36-33(34(39-41)25-9-5-4-6-10-25)35(26-14-17-29(44-2)30(19-26)45-3)46-22-32(43)40(36)21-31(42)38-20-24-12-15-27(37)16-13-24/h4-19,35H,20-22H2,1-3H3,(H,38,42)/t35-/m1/s1. The number of rotatable bonds is 9. The summed E-state index contributed by atoms with van der Waals surface area (Å²) < 4.78 is 26.3. The van der Waals surface area contributed by atoms with Gasteiger partial charge < -0.3 is 14.8 Å². The zero-order valence-corrected chi connectivity index (χ0v) is 26.5. The fourth-order valence-electron chi connectivity index (χ4n) is 5.55. The molecular weight excluding hydrogens is 603 g/mol. The topological polar surface area (TPSA) is 85.7 Å². The van der Waals surface area contributed by atoms with E-state index >= 15 is 0 Å². The summed E-state index contributed by atoms with van der Waals surface area (Å²) in [4.78, 5) is 29.0. The molecule has 1 aliphatic heterocycles. The van der Waals surface area contributed by atoms with Crippen molar-refractivity contribution in [1.82, 2.24) is 15.1 Å². The number of hydrogen-bond donors (Lipinski definition) is 1. The lowest BCUT2D eigenvalue weighted by Crippen LogP contribution is -2.42. The Kier molecular flexibility index (Phi) is 9.07. The monoisotopic (exact) mass is 636 g/mol. The third-order valence-electron chi connectivity index (χ3n) is 7.80. The van der Waals surface area contributed by atoms with Crippen LogP contribution in [0.15, 0.2) is 97.1 Å². The molecule has 0 aliphatic carbocycles. The van der Waals surface area contributed by atoms with Gasteiger partial charge in [0.25, 0.3) is 0 Å². The number of amides is 2. The highest BCUT2D eigenvalue weighted by atomic mass is 32.2. The lowest BCUT2D eigenvalue weighted by molar-refractivity contribution is -0.123. The molecule has 1 aromatic heterocycles. The van der Waals surface area contributed by atoms with Gasteiger partial charge in [-0.2, -0.15) is 5.10 Å². The molecule has 6 rings (SSSR count). The van der Waals surface area contributed by atoms with Gasteiger partial charge in [-0.25, -0.2) is 9.07 Å². The normalized spacial score (nSPS) is 14.4. The van der Waals surface area contributed by atoms with E-state index in [-0.39, 0.29) is 41.7 Å². The number of methoxy groups -OCH3 is 2. The van der Waals surface area contributed by atoms with Gasteiger partial charge in [0.1, 0.15) is 18.2 Å². The molecule has 0 unspecified atom stereocenters. The van der Waals surface area contributed by atoms with E-state index in [1.165, 1.54) is 28.8 Å². The van der Waals surface area contributed by atoms with Crippen LogP contribution in [-0.4, -0.2) is 48.1 Å². The van der Waals surface area contributed by atoms with E-state index in [1.807, 2.05) is 79.7 Å². The molecular formula is C36H33FN4O4S. The Morgan fingerprint density at radius 2 is 1.72 bits per heavy atom. The van der Waals surface area contributed by atoms with Crippen molar-refractivity contribution in [2.24, 2.45) is 0 Å². The van der Waals surface area contributed by atoms with Gasteiger partial charge in [-0.05, 0) is 60.0 Å². The Bertz CT molecular complexity index is 1880. The lowest BCUT2D eigenvalue weighted by atomic mass is 9.99. The summed E-state index contributed by atoms with van der Waals surface area (Å²) in [6, 6.07) is 29.4. The Hall–Kier alpha value is -5.09. The number of nitrogens with one attached hydrogen (secondary N) is 1. The number of ether oxygens (including phenoxy) is 2. The Labute approximate surface area is 271 Å². The average Bonchev–Trinajstić information content (AvgIpc) is 3.41. The fourth-order valence-corrected chi connectivity index (χ4v) is 6.74. The number of anilines is 1. The lowest BCUT2D eigenvalue weighted by Gasteiger charge is -2.23. The van der Waals surface area contributed by atoms with Crippen LogP contribution in [0, 0.1) is 12.7 Å². The van der Waals surface area contributed by atoms with E-state index in [0.717, 1.165) is 33.5 Å². The summed E-state index contributed by atoms with van der Waals surface area (Å²) in [6.07, 6.45) is 0. The highest BCUT2D eigenvalue weighted by Crippen LogP contribution is 2.49. The third kappa shape index (κ3) is 6.34. The van der Waals surface area contributed by atoms with Crippen LogP contribution in [0.2, 0.25) is 0 Å². The van der Waals surface area contributed by atoms with Crippen LogP contribution >= 0.6 is 11.8 Å². The Morgan fingerprint density at radius 1 is 0.957 bits per heavy atom. The quantitative estimate of drug-likeness (QED) is 0.199. The molecule has 1 N–H and O–H groups in total. The molecule has 4 aromatic carbocycles. The summed E-state index contributed by atoms with van der Waals surface area (Å²) >= 11 is 1.48. The van der Waals surface area contributed by atoms with E-state index in [2.05, 4.69) is 5.32 Å². The van der Waals surface area contributed by atoms with Crippen LogP contribution in [0.4, 0.5) is 10.2 Å². The number of hydrogen-bond acceptors (Lipinski definition) is 6. The number of carbonyl (C=O) groups is 2. The fraction of sp³-hybridized carbons (Fsp3) is 0.194. The van der Waals surface area contributed by atoms with Gasteiger partial charge in [0.15, 0.2) is 11.5 Å². The van der Waals surface area contributed by atoms with E-state index in [0.29, 0.717) is 23.0 Å². The van der Waals surface area contributed by atoms with Crippen molar-refractivity contribution in [3.05, 3.63) is 125 Å². The molecule has 234 valence electrons. The van der Waals surface area contributed by atoms with Crippen LogP contribution in [-0.2, 0) is 16.1 Å². The smallest absolute Gasteiger partial charge is 0.240 e. The van der Waals surface area contributed by atoms with Gasteiger partial charge in [0.05, 0.1) is 36.6 Å². The molecule has 46 heavy (non-hydrogen) atoms. The minimum atomic E-state index is -0.351. The first kappa shape index (κ1) is 30.9. The first-order valence-corrected chi connectivity index (χ1v) is 15.8. The summed E-state index contributed by atoms with van der Waals surface area (Å²) in [5.41, 5.74) is 5.83. The van der Waals surface area contributed by atoms with E-state index in [4.69, 9.17) is 14.6 Å². The molecule has 0 bridgehead atoms. The minimum Gasteiger partial charge on any atom is -0.493 e. The Balaban J connectivity index is 1.51. The third-order valence-corrected chi connectivity index (χ3v) is 9.05. The maximum atomic E-state index is 14.0. The van der Waals surface area contributed by atoms with Gasteiger partial charge in [0.2, 0.25) is 11.8 Å². The summed E-state index contributed by atoms with van der Waals surface area (Å²) in [5.74, 6) is 0.896. The molecule has 1 aliphatic rings.